The molecule has 2 aromatic rings. The molecular formula is C26H31N3O5S. The summed E-state index contributed by atoms with van der Waals surface area (Å²) in [5, 5.41) is 8.18. The van der Waals surface area contributed by atoms with Crippen molar-refractivity contribution in [2.24, 2.45) is 5.10 Å². The summed E-state index contributed by atoms with van der Waals surface area (Å²) in [5.74, 6) is 1.63. The van der Waals surface area contributed by atoms with Crippen molar-refractivity contribution in [3.8, 4) is 17.2 Å². The number of methoxy groups -OCH3 is 1. The van der Waals surface area contributed by atoms with Crippen LogP contribution in [0.1, 0.15) is 51.0 Å². The van der Waals surface area contributed by atoms with Gasteiger partial charge >= 0.3 is 5.97 Å². The third kappa shape index (κ3) is 6.42. The fourth-order valence-electron chi connectivity index (χ4n) is 4.48. The number of nitrogens with zero attached hydrogens (tertiary/aromatic N) is 1. The van der Waals surface area contributed by atoms with Gasteiger partial charge in [0.2, 0.25) is 0 Å². The van der Waals surface area contributed by atoms with Crippen LogP contribution in [0, 0.1) is 0 Å². The van der Waals surface area contributed by atoms with Crippen LogP contribution in [-0.4, -0.2) is 42.7 Å². The van der Waals surface area contributed by atoms with E-state index in [-0.39, 0.29) is 12.2 Å². The molecule has 8 nitrogen and oxygen atoms in total. The Balaban J connectivity index is 1.53. The van der Waals surface area contributed by atoms with Crippen molar-refractivity contribution in [1.29, 1.82) is 0 Å². The predicted octanol–water partition coefficient (Wildman–Crippen LogP) is 4.81. The molecule has 186 valence electrons. The van der Waals surface area contributed by atoms with Crippen LogP contribution < -0.4 is 25.0 Å². The smallest absolute Gasteiger partial charge is 0.344 e. The van der Waals surface area contributed by atoms with Crippen molar-refractivity contribution in [3.05, 3.63) is 48.0 Å². The highest BCUT2D eigenvalue weighted by Gasteiger charge is 2.40. The zero-order valence-corrected chi connectivity index (χ0v) is 20.9. The standard InChI is InChI=1S/C26H31N3O5S/c1-3-32-24(30)17-33-20-10-11-23-21(15-20)22(16-26(34-23)12-5-4-6-13-26)28-29-25(35)27-18-8-7-9-19(14-18)31-2/h7-11,14-15H,3-6,12-13,16-17H2,1-2H3,(H2,27,29,35)/b28-22+. The average Bonchev–Trinajstić information content (AvgIpc) is 2.87. The van der Waals surface area contributed by atoms with Gasteiger partial charge in [-0.1, -0.05) is 12.5 Å². The van der Waals surface area contributed by atoms with E-state index >= 15 is 0 Å². The molecule has 0 amide bonds. The molecule has 1 saturated carbocycles. The summed E-state index contributed by atoms with van der Waals surface area (Å²) in [6, 6.07) is 13.0. The third-order valence-electron chi connectivity index (χ3n) is 6.12. The molecule has 0 bridgehead atoms. The SMILES string of the molecule is CCOC(=O)COc1ccc2c(c1)/C(=N/NC(=S)Nc1cccc(OC)c1)CC1(CCCCC1)O2. The Labute approximate surface area is 211 Å². The van der Waals surface area contributed by atoms with Gasteiger partial charge < -0.3 is 24.3 Å². The van der Waals surface area contributed by atoms with E-state index in [4.69, 9.17) is 31.2 Å². The molecule has 2 aliphatic rings. The van der Waals surface area contributed by atoms with Gasteiger partial charge in [0.1, 0.15) is 22.8 Å². The average molecular weight is 498 g/mol. The number of hydrogen-bond donors (Lipinski definition) is 2. The molecule has 0 aromatic heterocycles. The number of hydrogen-bond acceptors (Lipinski definition) is 7. The van der Waals surface area contributed by atoms with Gasteiger partial charge in [0, 0.05) is 23.7 Å². The highest BCUT2D eigenvalue weighted by atomic mass is 32.1. The maximum absolute atomic E-state index is 11.7. The molecular weight excluding hydrogens is 466 g/mol. The molecule has 2 N–H and O–H groups in total. The zero-order valence-electron chi connectivity index (χ0n) is 20.1. The summed E-state index contributed by atoms with van der Waals surface area (Å²) in [6.07, 6.45) is 6.12. The van der Waals surface area contributed by atoms with Gasteiger partial charge in [-0.3, -0.25) is 5.43 Å². The Hall–Kier alpha value is -3.33. The van der Waals surface area contributed by atoms with Crippen molar-refractivity contribution >= 4 is 34.7 Å². The number of carbonyl (C=O) groups excluding carboxylic acids is 1. The van der Waals surface area contributed by atoms with Gasteiger partial charge in [-0.05, 0) is 75.2 Å². The normalized spacial score (nSPS) is 17.1. The first-order valence-corrected chi connectivity index (χ1v) is 12.3. The molecule has 1 spiro atoms. The summed E-state index contributed by atoms with van der Waals surface area (Å²) >= 11 is 5.47. The number of benzene rings is 2. The summed E-state index contributed by atoms with van der Waals surface area (Å²) < 4.78 is 22.4. The molecule has 0 saturated heterocycles. The first kappa shape index (κ1) is 24.8. The molecule has 2 aromatic carbocycles. The lowest BCUT2D eigenvalue weighted by atomic mass is 9.78. The summed E-state index contributed by atoms with van der Waals surface area (Å²) in [4.78, 5) is 11.7. The molecule has 4 rings (SSSR count). The first-order chi connectivity index (χ1) is 17.0. The summed E-state index contributed by atoms with van der Waals surface area (Å²) in [7, 11) is 1.62. The second kappa shape index (κ2) is 11.4. The Morgan fingerprint density at radius 1 is 1.14 bits per heavy atom. The molecule has 1 heterocycles. The first-order valence-electron chi connectivity index (χ1n) is 11.9. The van der Waals surface area contributed by atoms with Crippen LogP contribution in [0.15, 0.2) is 47.6 Å². The van der Waals surface area contributed by atoms with E-state index < -0.39 is 5.97 Å². The number of esters is 1. The van der Waals surface area contributed by atoms with E-state index in [9.17, 15) is 4.79 Å². The van der Waals surface area contributed by atoms with Gasteiger partial charge in [0.05, 0.1) is 19.4 Å². The summed E-state index contributed by atoms with van der Waals surface area (Å²) in [5.41, 5.74) is 5.18. The van der Waals surface area contributed by atoms with Crippen molar-refractivity contribution in [1.82, 2.24) is 5.43 Å². The van der Waals surface area contributed by atoms with Gasteiger partial charge in [0.15, 0.2) is 11.7 Å². The highest BCUT2D eigenvalue weighted by molar-refractivity contribution is 7.80. The topological polar surface area (TPSA) is 90.4 Å². The minimum absolute atomic E-state index is 0.156. The Morgan fingerprint density at radius 3 is 2.74 bits per heavy atom. The van der Waals surface area contributed by atoms with E-state index in [2.05, 4.69) is 15.8 Å². The maximum atomic E-state index is 11.7. The predicted molar refractivity (Wildman–Crippen MR) is 139 cm³/mol. The summed E-state index contributed by atoms with van der Waals surface area (Å²) in [6.45, 7) is 1.92. The molecule has 1 aliphatic carbocycles. The van der Waals surface area contributed by atoms with Crippen LogP contribution in [0.3, 0.4) is 0 Å². The molecule has 9 heteroatoms. The second-order valence-electron chi connectivity index (χ2n) is 8.63. The monoisotopic (exact) mass is 497 g/mol. The Morgan fingerprint density at radius 2 is 1.97 bits per heavy atom. The molecule has 35 heavy (non-hydrogen) atoms. The van der Waals surface area contributed by atoms with Crippen LogP contribution >= 0.6 is 12.2 Å². The van der Waals surface area contributed by atoms with E-state index in [1.165, 1.54) is 6.42 Å². The number of rotatable bonds is 7. The zero-order chi connectivity index (χ0) is 24.7. The fourth-order valence-corrected chi connectivity index (χ4v) is 4.64. The maximum Gasteiger partial charge on any atom is 0.344 e. The number of nitrogens with one attached hydrogen (secondary N) is 2. The van der Waals surface area contributed by atoms with Crippen molar-refractivity contribution < 1.29 is 23.7 Å². The van der Waals surface area contributed by atoms with E-state index in [0.29, 0.717) is 23.9 Å². The number of anilines is 1. The number of ether oxygens (including phenoxy) is 4. The second-order valence-corrected chi connectivity index (χ2v) is 9.04. The third-order valence-corrected chi connectivity index (χ3v) is 6.32. The number of hydrazone groups is 1. The van der Waals surface area contributed by atoms with Crippen LogP contribution in [0.5, 0.6) is 17.2 Å². The highest BCUT2D eigenvalue weighted by Crippen LogP contribution is 2.43. The van der Waals surface area contributed by atoms with Crippen LogP contribution in [0.2, 0.25) is 0 Å². The van der Waals surface area contributed by atoms with E-state index in [1.54, 1.807) is 20.1 Å². The van der Waals surface area contributed by atoms with Gasteiger partial charge in [-0.15, -0.1) is 0 Å². The van der Waals surface area contributed by atoms with Crippen molar-refractivity contribution in [2.75, 3.05) is 25.6 Å². The Kier molecular flexibility index (Phi) is 8.07. The van der Waals surface area contributed by atoms with Gasteiger partial charge in [-0.25, -0.2) is 4.79 Å². The lowest BCUT2D eigenvalue weighted by Crippen LogP contribution is -2.44. The van der Waals surface area contributed by atoms with E-state index in [0.717, 1.165) is 54.1 Å². The fraction of sp³-hybridized carbons (Fsp3) is 0.423. The molecule has 0 radical (unpaired) electrons. The van der Waals surface area contributed by atoms with E-state index in [1.807, 2.05) is 36.4 Å². The Bertz CT molecular complexity index is 1100. The van der Waals surface area contributed by atoms with Crippen LogP contribution in [0.25, 0.3) is 0 Å². The lowest BCUT2D eigenvalue weighted by Gasteiger charge is -2.41. The minimum Gasteiger partial charge on any atom is -0.497 e. The number of thiocarbonyl (C=S) groups is 1. The largest absolute Gasteiger partial charge is 0.497 e. The molecule has 0 unspecified atom stereocenters. The lowest BCUT2D eigenvalue weighted by molar-refractivity contribution is -0.145. The minimum atomic E-state index is -0.410. The number of fused-ring (bicyclic) bond motifs is 1. The molecule has 0 atom stereocenters. The molecule has 1 fully saturated rings. The van der Waals surface area contributed by atoms with Crippen LogP contribution in [-0.2, 0) is 9.53 Å². The molecule has 1 aliphatic heterocycles. The van der Waals surface area contributed by atoms with Gasteiger partial charge in [0.25, 0.3) is 0 Å². The van der Waals surface area contributed by atoms with Crippen LogP contribution in [0.4, 0.5) is 5.69 Å². The quantitative estimate of drug-likeness (QED) is 0.320. The number of carbonyl (C=O) groups is 1. The van der Waals surface area contributed by atoms with Crippen molar-refractivity contribution in [2.45, 2.75) is 51.0 Å². The van der Waals surface area contributed by atoms with Crippen molar-refractivity contribution in [3.63, 3.8) is 0 Å². The van der Waals surface area contributed by atoms with Gasteiger partial charge in [-0.2, -0.15) is 5.10 Å².